The molecule has 0 spiro atoms. The lowest BCUT2D eigenvalue weighted by Gasteiger charge is -2.12. The number of hydrogen-bond donors (Lipinski definition) is 3. The van der Waals surface area contributed by atoms with E-state index in [-0.39, 0.29) is 11.0 Å². The van der Waals surface area contributed by atoms with Crippen molar-refractivity contribution in [3.05, 3.63) is 23.8 Å². The number of hydrogen-bond acceptors (Lipinski definition) is 4. The number of rotatable bonds is 3. The van der Waals surface area contributed by atoms with Crippen molar-refractivity contribution in [1.29, 1.82) is 0 Å². The highest BCUT2D eigenvalue weighted by atomic mass is 19.4. The van der Waals surface area contributed by atoms with Crippen LogP contribution in [0.2, 0.25) is 0 Å². The Kier molecular flexibility index (Phi) is 3.79. The first-order valence-electron chi connectivity index (χ1n) is 4.19. The molecule has 0 atom stereocenters. The van der Waals surface area contributed by atoms with Crippen LogP contribution < -0.4 is 10.2 Å². The summed E-state index contributed by atoms with van der Waals surface area (Å²) in [6.07, 6.45) is -4.85. The summed E-state index contributed by atoms with van der Waals surface area (Å²) in [4.78, 5) is 0. The van der Waals surface area contributed by atoms with Crippen LogP contribution in [0.3, 0.4) is 0 Å². The third kappa shape index (κ3) is 3.40. The molecule has 0 aromatic heterocycles. The molecule has 88 valence electrons. The van der Waals surface area contributed by atoms with Gasteiger partial charge >= 0.3 is 13.5 Å². The zero-order valence-electron chi connectivity index (χ0n) is 7.90. The van der Waals surface area contributed by atoms with E-state index in [1.54, 1.807) is 0 Å². The molecular formula is C8H8BF3O4. The summed E-state index contributed by atoms with van der Waals surface area (Å²) >= 11 is 0. The first kappa shape index (κ1) is 12.8. The van der Waals surface area contributed by atoms with E-state index in [0.717, 1.165) is 18.2 Å². The predicted octanol–water partition coefficient (Wildman–Crippen LogP) is -0.243. The van der Waals surface area contributed by atoms with Gasteiger partial charge in [-0.3, -0.25) is 0 Å². The van der Waals surface area contributed by atoms with Gasteiger partial charge in [0.25, 0.3) is 0 Å². The standard InChI is InChI=1S/C8H8BF3O4/c10-8(11,12)16-6-2-1-5(4-13)7(3-6)9(14)15/h1-3,13-15H,4H2. The van der Waals surface area contributed by atoms with Gasteiger partial charge in [-0.05, 0) is 23.2 Å². The average Bonchev–Trinajstić information content (AvgIpc) is 2.15. The van der Waals surface area contributed by atoms with Gasteiger partial charge in [0, 0.05) is 0 Å². The second-order valence-corrected chi connectivity index (χ2v) is 2.94. The van der Waals surface area contributed by atoms with Crippen LogP contribution in [0.1, 0.15) is 5.56 Å². The van der Waals surface area contributed by atoms with E-state index in [2.05, 4.69) is 4.74 Å². The molecule has 0 saturated carbocycles. The maximum Gasteiger partial charge on any atom is 0.573 e. The molecule has 1 aromatic rings. The quantitative estimate of drug-likeness (QED) is 0.633. The highest BCUT2D eigenvalue weighted by Crippen LogP contribution is 2.22. The van der Waals surface area contributed by atoms with Gasteiger partial charge in [0.2, 0.25) is 0 Å². The van der Waals surface area contributed by atoms with E-state index in [1.165, 1.54) is 0 Å². The SMILES string of the molecule is OCc1ccc(OC(F)(F)F)cc1B(O)O. The Morgan fingerprint density at radius 1 is 1.25 bits per heavy atom. The number of aliphatic hydroxyl groups is 1. The van der Waals surface area contributed by atoms with Gasteiger partial charge < -0.3 is 19.9 Å². The Morgan fingerprint density at radius 3 is 2.31 bits per heavy atom. The minimum Gasteiger partial charge on any atom is -0.423 e. The molecule has 0 aliphatic rings. The molecule has 0 saturated heterocycles. The van der Waals surface area contributed by atoms with E-state index in [9.17, 15) is 13.2 Å². The molecule has 16 heavy (non-hydrogen) atoms. The summed E-state index contributed by atoms with van der Waals surface area (Å²) in [6.45, 7) is -0.515. The van der Waals surface area contributed by atoms with Crippen molar-refractivity contribution in [2.75, 3.05) is 0 Å². The minimum atomic E-state index is -4.85. The smallest absolute Gasteiger partial charge is 0.423 e. The number of halogens is 3. The van der Waals surface area contributed by atoms with Crippen LogP contribution in [-0.4, -0.2) is 28.6 Å². The van der Waals surface area contributed by atoms with Crippen LogP contribution in [0.25, 0.3) is 0 Å². The topological polar surface area (TPSA) is 69.9 Å². The molecule has 0 amide bonds. The first-order valence-corrected chi connectivity index (χ1v) is 4.19. The van der Waals surface area contributed by atoms with Gasteiger partial charge in [0.1, 0.15) is 5.75 Å². The fraction of sp³-hybridized carbons (Fsp3) is 0.250. The van der Waals surface area contributed by atoms with Gasteiger partial charge in [0.15, 0.2) is 0 Å². The Balaban J connectivity index is 3.02. The zero-order valence-corrected chi connectivity index (χ0v) is 7.90. The van der Waals surface area contributed by atoms with Gasteiger partial charge in [-0.15, -0.1) is 13.2 Å². The molecule has 4 nitrogen and oxygen atoms in total. The van der Waals surface area contributed by atoms with Crippen LogP contribution >= 0.6 is 0 Å². The fourth-order valence-electron chi connectivity index (χ4n) is 1.15. The van der Waals surface area contributed by atoms with Crippen molar-refractivity contribution in [3.63, 3.8) is 0 Å². The molecule has 0 bridgehead atoms. The van der Waals surface area contributed by atoms with Crippen LogP contribution in [0, 0.1) is 0 Å². The van der Waals surface area contributed by atoms with Crippen molar-refractivity contribution in [1.82, 2.24) is 0 Å². The van der Waals surface area contributed by atoms with Gasteiger partial charge in [-0.25, -0.2) is 0 Å². The third-order valence-electron chi connectivity index (χ3n) is 1.80. The highest BCUT2D eigenvalue weighted by molar-refractivity contribution is 6.59. The summed E-state index contributed by atoms with van der Waals surface area (Å²) in [7, 11) is -1.97. The third-order valence-corrected chi connectivity index (χ3v) is 1.80. The summed E-state index contributed by atoms with van der Waals surface area (Å²) in [5.74, 6) is -0.576. The van der Waals surface area contributed by atoms with E-state index >= 15 is 0 Å². The number of alkyl halides is 3. The lowest BCUT2D eigenvalue weighted by Crippen LogP contribution is -2.33. The summed E-state index contributed by atoms with van der Waals surface area (Å²) in [5, 5.41) is 26.5. The normalized spacial score (nSPS) is 11.4. The van der Waals surface area contributed by atoms with E-state index < -0.39 is 25.8 Å². The Morgan fingerprint density at radius 2 is 1.88 bits per heavy atom. The lowest BCUT2D eigenvalue weighted by molar-refractivity contribution is -0.274. The summed E-state index contributed by atoms with van der Waals surface area (Å²) in [6, 6.07) is 2.91. The number of benzene rings is 1. The molecular weight excluding hydrogens is 228 g/mol. The molecule has 0 radical (unpaired) electrons. The van der Waals surface area contributed by atoms with Crippen molar-refractivity contribution >= 4 is 12.6 Å². The molecule has 0 aliphatic heterocycles. The van der Waals surface area contributed by atoms with Gasteiger partial charge in [-0.1, -0.05) is 6.07 Å². The zero-order chi connectivity index (χ0) is 12.3. The molecule has 1 rings (SSSR count). The summed E-state index contributed by atoms with van der Waals surface area (Å²) in [5.41, 5.74) is -0.117. The largest absolute Gasteiger partial charge is 0.573 e. The number of aliphatic hydroxyl groups excluding tert-OH is 1. The van der Waals surface area contributed by atoms with Crippen molar-refractivity contribution in [2.24, 2.45) is 0 Å². The van der Waals surface area contributed by atoms with Gasteiger partial charge in [-0.2, -0.15) is 0 Å². The van der Waals surface area contributed by atoms with E-state index in [4.69, 9.17) is 15.2 Å². The van der Waals surface area contributed by atoms with Crippen LogP contribution in [0.15, 0.2) is 18.2 Å². The highest BCUT2D eigenvalue weighted by Gasteiger charge is 2.31. The molecule has 8 heteroatoms. The monoisotopic (exact) mass is 236 g/mol. The summed E-state index contributed by atoms with van der Waals surface area (Å²) < 4.78 is 39.2. The average molecular weight is 236 g/mol. The second-order valence-electron chi connectivity index (χ2n) is 2.94. The lowest BCUT2D eigenvalue weighted by atomic mass is 9.77. The maximum atomic E-state index is 11.9. The second kappa shape index (κ2) is 4.73. The molecule has 0 unspecified atom stereocenters. The molecule has 1 aromatic carbocycles. The van der Waals surface area contributed by atoms with Crippen molar-refractivity contribution in [3.8, 4) is 5.75 Å². The molecule has 3 N–H and O–H groups in total. The Hall–Kier alpha value is -1.25. The Labute approximate surface area is 89.0 Å². The predicted molar refractivity (Wildman–Crippen MR) is 48.9 cm³/mol. The van der Waals surface area contributed by atoms with Crippen molar-refractivity contribution in [2.45, 2.75) is 13.0 Å². The van der Waals surface area contributed by atoms with Gasteiger partial charge in [0.05, 0.1) is 6.61 Å². The van der Waals surface area contributed by atoms with Crippen LogP contribution in [0.4, 0.5) is 13.2 Å². The fourth-order valence-corrected chi connectivity index (χ4v) is 1.15. The molecule has 0 aliphatic carbocycles. The van der Waals surface area contributed by atoms with Crippen molar-refractivity contribution < 1.29 is 33.1 Å². The minimum absolute atomic E-state index is 0.115. The van der Waals surface area contributed by atoms with E-state index in [1.807, 2.05) is 0 Å². The first-order chi connectivity index (χ1) is 7.33. The molecule has 0 heterocycles. The maximum absolute atomic E-state index is 11.9. The van der Waals surface area contributed by atoms with E-state index in [0.29, 0.717) is 0 Å². The van der Waals surface area contributed by atoms with Crippen LogP contribution in [0.5, 0.6) is 5.75 Å². The Bertz CT molecular complexity index is 367. The number of ether oxygens (including phenoxy) is 1. The van der Waals surface area contributed by atoms with Crippen LogP contribution in [-0.2, 0) is 6.61 Å². The molecule has 0 fully saturated rings.